The smallest absolute Gasteiger partial charge is 0.174 e. The number of ether oxygens (including phenoxy) is 1. The maximum Gasteiger partial charge on any atom is 0.174 e. The van der Waals surface area contributed by atoms with Gasteiger partial charge in [-0.15, -0.1) is 0 Å². The average molecular weight is 578 g/mol. The third-order valence-corrected chi connectivity index (χ3v) is 8.61. The van der Waals surface area contributed by atoms with Gasteiger partial charge in [0.2, 0.25) is 0 Å². The first-order valence-corrected chi connectivity index (χ1v) is 14.5. The predicted octanol–water partition coefficient (Wildman–Crippen LogP) is 8.29. The summed E-state index contributed by atoms with van der Waals surface area (Å²) in [4.78, 5) is 6.90. The average Bonchev–Trinajstić information content (AvgIpc) is 3.63. The molecule has 2 aromatic heterocycles. The lowest BCUT2D eigenvalue weighted by Gasteiger charge is -2.28. The van der Waals surface area contributed by atoms with Gasteiger partial charge in [-0.05, 0) is 118 Å². The second-order valence-corrected chi connectivity index (χ2v) is 11.5. The minimum Gasteiger partial charge on any atom is -0.490 e. The molecule has 4 aromatic rings. The van der Waals surface area contributed by atoms with E-state index in [1.54, 1.807) is 6.07 Å². The van der Waals surface area contributed by atoms with Gasteiger partial charge in [-0.2, -0.15) is 0 Å². The largest absolute Gasteiger partial charge is 0.490 e. The zero-order chi connectivity index (χ0) is 27.1. The van der Waals surface area contributed by atoms with E-state index in [9.17, 15) is 0 Å². The molecule has 2 fully saturated rings. The first-order chi connectivity index (χ1) is 18.9. The third-order valence-electron chi connectivity index (χ3n) is 7.76. The molecule has 0 spiro atoms. The first kappa shape index (κ1) is 26.2. The fourth-order valence-corrected chi connectivity index (χ4v) is 6.79. The number of nitrogens with zero attached hydrogens (tertiary/aromatic N) is 3. The van der Waals surface area contributed by atoms with Gasteiger partial charge >= 0.3 is 0 Å². The Labute approximate surface area is 244 Å². The van der Waals surface area contributed by atoms with Crippen LogP contribution in [0.1, 0.15) is 60.4 Å². The fraction of sp³-hybridized carbons (Fsp3) is 0.290. The second kappa shape index (κ2) is 10.8. The number of aromatic nitrogens is 2. The molecule has 0 bridgehead atoms. The molecule has 5 nitrogen and oxygen atoms in total. The van der Waals surface area contributed by atoms with Crippen molar-refractivity contribution in [1.29, 1.82) is 0 Å². The number of benzene rings is 2. The summed E-state index contributed by atoms with van der Waals surface area (Å²) in [6, 6.07) is 21.9. The molecule has 1 saturated carbocycles. The van der Waals surface area contributed by atoms with Crippen LogP contribution in [0.4, 0.5) is 5.69 Å². The van der Waals surface area contributed by atoms with Crippen molar-refractivity contribution in [3.8, 4) is 11.4 Å². The van der Waals surface area contributed by atoms with Gasteiger partial charge in [-0.25, -0.2) is 0 Å². The van der Waals surface area contributed by atoms with Crippen LogP contribution in [0, 0.1) is 13.8 Å². The lowest BCUT2D eigenvalue weighted by Crippen LogP contribution is -2.29. The summed E-state index contributed by atoms with van der Waals surface area (Å²) >= 11 is 18.8. The Hall–Kier alpha value is -3.06. The molecule has 0 unspecified atom stereocenters. The third kappa shape index (κ3) is 5.02. The van der Waals surface area contributed by atoms with Crippen LogP contribution in [0.25, 0.3) is 5.69 Å². The van der Waals surface area contributed by atoms with Gasteiger partial charge < -0.3 is 19.5 Å². The molecule has 6 rings (SSSR count). The van der Waals surface area contributed by atoms with Gasteiger partial charge in [-0.3, -0.25) is 4.98 Å². The van der Waals surface area contributed by atoms with Gasteiger partial charge in [0.05, 0.1) is 34.6 Å². The van der Waals surface area contributed by atoms with Crippen LogP contribution in [0.5, 0.6) is 5.75 Å². The minimum absolute atomic E-state index is 0.125. The molecule has 2 aliphatic rings. The van der Waals surface area contributed by atoms with Crippen molar-refractivity contribution < 1.29 is 4.74 Å². The minimum atomic E-state index is -0.136. The fourth-order valence-electron chi connectivity index (χ4n) is 5.95. The molecular weight excluding hydrogens is 547 g/mol. The molecular formula is C31H30Cl2N4OS. The highest BCUT2D eigenvalue weighted by molar-refractivity contribution is 7.80. The van der Waals surface area contributed by atoms with E-state index in [0.717, 1.165) is 52.6 Å². The summed E-state index contributed by atoms with van der Waals surface area (Å²) in [5.41, 5.74) is 6.13. The van der Waals surface area contributed by atoms with Crippen LogP contribution in [0.2, 0.25) is 10.0 Å². The highest BCUT2D eigenvalue weighted by atomic mass is 35.5. The molecule has 0 amide bonds. The molecule has 8 heteroatoms. The zero-order valence-electron chi connectivity index (χ0n) is 21.9. The molecule has 0 radical (unpaired) electrons. The first-order valence-electron chi connectivity index (χ1n) is 13.3. The highest BCUT2D eigenvalue weighted by Gasteiger charge is 2.42. The number of nitrogens with one attached hydrogen (secondary N) is 1. The van der Waals surface area contributed by atoms with E-state index < -0.39 is 0 Å². The topological polar surface area (TPSA) is 42.3 Å². The van der Waals surface area contributed by atoms with Gasteiger partial charge in [0.1, 0.15) is 5.75 Å². The summed E-state index contributed by atoms with van der Waals surface area (Å²) in [7, 11) is 0. The van der Waals surface area contributed by atoms with E-state index in [4.69, 9.17) is 45.1 Å². The highest BCUT2D eigenvalue weighted by Crippen LogP contribution is 2.44. The number of thiocarbonyl (C=S) groups is 1. The van der Waals surface area contributed by atoms with Crippen molar-refractivity contribution in [3.05, 3.63) is 106 Å². The van der Waals surface area contributed by atoms with E-state index in [-0.39, 0.29) is 12.1 Å². The number of hydrogen-bond donors (Lipinski definition) is 1. The maximum absolute atomic E-state index is 6.65. The van der Waals surface area contributed by atoms with Crippen LogP contribution in [0.3, 0.4) is 0 Å². The van der Waals surface area contributed by atoms with E-state index >= 15 is 0 Å². The van der Waals surface area contributed by atoms with Crippen molar-refractivity contribution in [3.63, 3.8) is 0 Å². The summed E-state index contributed by atoms with van der Waals surface area (Å²) in [6.45, 7) is 4.22. The predicted molar refractivity (Wildman–Crippen MR) is 163 cm³/mol. The number of halogens is 2. The summed E-state index contributed by atoms with van der Waals surface area (Å²) < 4.78 is 8.41. The molecule has 1 N–H and O–H groups in total. The van der Waals surface area contributed by atoms with Crippen LogP contribution >= 0.6 is 35.4 Å². The number of aryl methyl sites for hydroxylation is 1. The number of hydrogen-bond acceptors (Lipinski definition) is 3. The van der Waals surface area contributed by atoms with Gasteiger partial charge in [0, 0.05) is 28.3 Å². The molecule has 200 valence electrons. The van der Waals surface area contributed by atoms with E-state index in [1.807, 2.05) is 36.5 Å². The Bertz CT molecular complexity index is 1500. The molecule has 39 heavy (non-hydrogen) atoms. The van der Waals surface area contributed by atoms with Crippen molar-refractivity contribution in [1.82, 2.24) is 14.9 Å². The number of pyridine rings is 1. The van der Waals surface area contributed by atoms with E-state index in [0.29, 0.717) is 21.3 Å². The summed E-state index contributed by atoms with van der Waals surface area (Å²) in [5, 5.41) is 5.44. The monoisotopic (exact) mass is 576 g/mol. The van der Waals surface area contributed by atoms with Crippen LogP contribution in [-0.2, 0) is 0 Å². The van der Waals surface area contributed by atoms with Gasteiger partial charge in [0.25, 0.3) is 0 Å². The van der Waals surface area contributed by atoms with Crippen LogP contribution < -0.4 is 15.0 Å². The lowest BCUT2D eigenvalue weighted by molar-refractivity contribution is 0.210. The number of anilines is 1. The van der Waals surface area contributed by atoms with Crippen molar-refractivity contribution >= 4 is 46.2 Å². The Morgan fingerprint density at radius 1 is 0.974 bits per heavy atom. The number of rotatable bonds is 6. The normalized spacial score (nSPS) is 19.5. The summed E-state index contributed by atoms with van der Waals surface area (Å²) in [5.74, 6) is 0.900. The van der Waals surface area contributed by atoms with Gasteiger partial charge in [0.15, 0.2) is 5.11 Å². The maximum atomic E-state index is 6.65. The van der Waals surface area contributed by atoms with E-state index in [1.165, 1.54) is 12.8 Å². The van der Waals surface area contributed by atoms with Crippen LogP contribution in [0.15, 0.2) is 72.9 Å². The Kier molecular flexibility index (Phi) is 7.27. The summed E-state index contributed by atoms with van der Waals surface area (Å²) in [6.07, 6.45) is 6.88. The SMILES string of the molecule is Cc1cc([C@H]2[C@H](c3ccccn3)NC(=S)N2c2ccc(OC3CCCC3)cc2)c(C)n1-c1ccc(Cl)cc1Cl. The van der Waals surface area contributed by atoms with Gasteiger partial charge in [-0.1, -0.05) is 29.3 Å². The van der Waals surface area contributed by atoms with Crippen molar-refractivity contribution in [2.75, 3.05) is 4.90 Å². The molecule has 1 aliphatic heterocycles. The Morgan fingerprint density at radius 2 is 1.74 bits per heavy atom. The second-order valence-electron chi connectivity index (χ2n) is 10.3. The molecule has 3 heterocycles. The molecule has 2 atom stereocenters. The standard InChI is InChI=1S/C31H30Cl2N4OS/c1-19-17-25(20(2)36(19)28-15-10-21(32)18-26(28)33)30-29(27-9-5-6-16-34-27)35-31(39)37(30)22-11-13-24(14-12-22)38-23-7-3-4-8-23/h5-6,9-18,23,29-30H,3-4,7-8H2,1-2H3,(H,35,39)/t29-,30-/m0/s1. The van der Waals surface area contributed by atoms with Crippen LogP contribution in [-0.4, -0.2) is 20.8 Å². The Balaban J connectivity index is 1.42. The molecule has 1 aliphatic carbocycles. The Morgan fingerprint density at radius 3 is 2.44 bits per heavy atom. The van der Waals surface area contributed by atoms with Crippen molar-refractivity contribution in [2.45, 2.75) is 57.7 Å². The zero-order valence-corrected chi connectivity index (χ0v) is 24.2. The molecule has 1 saturated heterocycles. The quantitative estimate of drug-likeness (QED) is 0.234. The molecule has 2 aromatic carbocycles. The van der Waals surface area contributed by atoms with Crippen molar-refractivity contribution in [2.24, 2.45) is 0 Å². The van der Waals surface area contributed by atoms with E-state index in [2.05, 4.69) is 59.0 Å². The lowest BCUT2D eigenvalue weighted by atomic mass is 9.96.